The second-order valence-electron chi connectivity index (χ2n) is 9.77. The number of aromatic hydroxyl groups is 1. The van der Waals surface area contributed by atoms with E-state index < -0.39 is 12.0 Å². The summed E-state index contributed by atoms with van der Waals surface area (Å²) in [7, 11) is 2.00. The van der Waals surface area contributed by atoms with E-state index in [0.717, 1.165) is 28.3 Å². The molecule has 1 heterocycles. The number of aryl methyl sites for hydroxylation is 1. The molecular weight excluding hydrogens is 508 g/mol. The van der Waals surface area contributed by atoms with Gasteiger partial charge in [0.15, 0.2) is 0 Å². The Morgan fingerprint density at radius 1 is 1.02 bits per heavy atom. The molecule has 0 aliphatic rings. The molecule has 4 aromatic rings. The first kappa shape index (κ1) is 28.7. The van der Waals surface area contributed by atoms with Gasteiger partial charge >= 0.3 is 0 Å². The van der Waals surface area contributed by atoms with E-state index in [0.29, 0.717) is 37.7 Å². The quantitative estimate of drug-likeness (QED) is 0.234. The molecule has 210 valence electrons. The number of nitrogens with zero attached hydrogens (tertiary/aromatic N) is 3. The highest BCUT2D eigenvalue weighted by Gasteiger charge is 2.15. The Bertz CT molecular complexity index is 1420. The molecule has 0 fully saturated rings. The molecule has 1 amide bonds. The third kappa shape index (κ3) is 7.40. The zero-order chi connectivity index (χ0) is 28.6. The summed E-state index contributed by atoms with van der Waals surface area (Å²) < 4.78 is 13.8. The maximum absolute atomic E-state index is 11.5. The summed E-state index contributed by atoms with van der Waals surface area (Å²) in [5.41, 5.74) is 9.55. The average molecular weight is 545 g/mol. The Morgan fingerprint density at radius 3 is 2.38 bits per heavy atom. The highest BCUT2D eigenvalue weighted by Crippen LogP contribution is 2.24. The fraction of sp³-hybridized carbons (Fsp3) is 0.290. The van der Waals surface area contributed by atoms with Crippen molar-refractivity contribution in [3.63, 3.8) is 0 Å². The molecule has 4 rings (SSSR count). The molecule has 0 bridgehead atoms. The van der Waals surface area contributed by atoms with Crippen LogP contribution in [0.2, 0.25) is 0 Å². The van der Waals surface area contributed by atoms with Crippen LogP contribution in [0.5, 0.6) is 17.2 Å². The fourth-order valence-electron chi connectivity index (χ4n) is 4.39. The van der Waals surface area contributed by atoms with E-state index in [4.69, 9.17) is 15.2 Å². The van der Waals surface area contributed by atoms with Gasteiger partial charge in [-0.25, -0.2) is 4.98 Å². The number of carbonyl (C=O) groups is 1. The molecule has 9 nitrogen and oxygen atoms in total. The van der Waals surface area contributed by atoms with Gasteiger partial charge in [0.2, 0.25) is 0 Å². The summed E-state index contributed by atoms with van der Waals surface area (Å²) in [4.78, 5) is 18.2. The van der Waals surface area contributed by atoms with E-state index in [1.807, 2.05) is 75.5 Å². The van der Waals surface area contributed by atoms with Crippen LogP contribution < -0.4 is 15.2 Å². The van der Waals surface area contributed by atoms with E-state index in [9.17, 15) is 15.0 Å². The standard InChI is InChI=1S/C31H36N4O5/c1-21-22(2)34(3)31(33-21)24-9-11-26(12-10-24)40-20-25(36)19-35(18-23-7-5-4-6-8-23)15-16-39-27-13-14-29(37)28(17-27)30(32)38/h4-14,17,25,36-37H,15-16,18-20H2,1-3H3,(H2,32,38). The smallest absolute Gasteiger partial charge is 0.252 e. The highest BCUT2D eigenvalue weighted by molar-refractivity contribution is 5.95. The molecule has 0 aliphatic heterocycles. The Balaban J connectivity index is 1.34. The van der Waals surface area contributed by atoms with Crippen LogP contribution in [0.4, 0.5) is 0 Å². The predicted octanol–water partition coefficient (Wildman–Crippen LogP) is 3.83. The van der Waals surface area contributed by atoms with Gasteiger partial charge in [-0.2, -0.15) is 0 Å². The number of hydrogen-bond donors (Lipinski definition) is 3. The summed E-state index contributed by atoms with van der Waals surface area (Å²) in [6.45, 7) is 5.97. The molecule has 0 spiro atoms. The Labute approximate surface area is 234 Å². The summed E-state index contributed by atoms with van der Waals surface area (Å²) in [5, 5.41) is 20.6. The summed E-state index contributed by atoms with van der Waals surface area (Å²) >= 11 is 0. The monoisotopic (exact) mass is 544 g/mol. The number of imidazole rings is 1. The van der Waals surface area contributed by atoms with Crippen molar-refractivity contribution in [1.29, 1.82) is 0 Å². The molecular formula is C31H36N4O5. The molecule has 40 heavy (non-hydrogen) atoms. The van der Waals surface area contributed by atoms with Crippen molar-refractivity contribution in [3.8, 4) is 28.6 Å². The molecule has 3 aromatic carbocycles. The number of nitrogens with two attached hydrogens (primary N) is 1. The first-order valence-corrected chi connectivity index (χ1v) is 13.1. The Hall–Kier alpha value is -4.34. The first-order chi connectivity index (χ1) is 19.2. The number of amides is 1. The number of aliphatic hydroxyl groups is 1. The first-order valence-electron chi connectivity index (χ1n) is 13.1. The van der Waals surface area contributed by atoms with Gasteiger partial charge in [0.25, 0.3) is 5.91 Å². The maximum Gasteiger partial charge on any atom is 0.252 e. The van der Waals surface area contributed by atoms with Crippen molar-refractivity contribution >= 4 is 5.91 Å². The molecule has 4 N–H and O–H groups in total. The Kier molecular flexibility index (Phi) is 9.42. The number of phenols is 1. The van der Waals surface area contributed by atoms with Crippen molar-refractivity contribution in [2.45, 2.75) is 26.5 Å². The van der Waals surface area contributed by atoms with Crippen molar-refractivity contribution < 1.29 is 24.5 Å². The van der Waals surface area contributed by atoms with Crippen LogP contribution in [0, 0.1) is 13.8 Å². The summed E-state index contributed by atoms with van der Waals surface area (Å²) in [5.74, 6) is 1.08. The number of benzene rings is 3. The normalized spacial score (nSPS) is 11.9. The molecule has 1 atom stereocenters. The lowest BCUT2D eigenvalue weighted by molar-refractivity contribution is 0.0605. The van der Waals surface area contributed by atoms with E-state index in [1.165, 1.54) is 12.1 Å². The zero-order valence-corrected chi connectivity index (χ0v) is 23.1. The van der Waals surface area contributed by atoms with Crippen LogP contribution in [0.1, 0.15) is 27.3 Å². The van der Waals surface area contributed by atoms with Gasteiger partial charge in [-0.15, -0.1) is 0 Å². The fourth-order valence-corrected chi connectivity index (χ4v) is 4.39. The van der Waals surface area contributed by atoms with Gasteiger partial charge in [0.05, 0.1) is 11.3 Å². The molecule has 0 saturated heterocycles. The van der Waals surface area contributed by atoms with E-state index in [-0.39, 0.29) is 17.9 Å². The lowest BCUT2D eigenvalue weighted by Gasteiger charge is -2.25. The van der Waals surface area contributed by atoms with Crippen molar-refractivity contribution in [2.75, 3.05) is 26.3 Å². The number of aliphatic hydroxyl groups excluding tert-OH is 1. The third-order valence-electron chi connectivity index (χ3n) is 6.80. The lowest BCUT2D eigenvalue weighted by Crippen LogP contribution is -2.37. The van der Waals surface area contributed by atoms with Crippen LogP contribution in [0.15, 0.2) is 72.8 Å². The summed E-state index contributed by atoms with van der Waals surface area (Å²) in [6.07, 6.45) is -0.738. The number of rotatable bonds is 13. The van der Waals surface area contributed by atoms with Gasteiger partial charge in [-0.3, -0.25) is 9.69 Å². The van der Waals surface area contributed by atoms with Gasteiger partial charge < -0.3 is 30.0 Å². The topological polar surface area (TPSA) is 123 Å². The molecule has 1 aromatic heterocycles. The van der Waals surface area contributed by atoms with Crippen LogP contribution in [-0.2, 0) is 13.6 Å². The predicted molar refractivity (Wildman–Crippen MR) is 153 cm³/mol. The second kappa shape index (κ2) is 13.1. The molecule has 0 aliphatic carbocycles. The SMILES string of the molecule is Cc1nc(-c2ccc(OCC(O)CN(CCOc3ccc(O)c(C(N)=O)c3)Cc3ccccc3)cc2)n(C)c1C. The number of carbonyl (C=O) groups excluding carboxylic acids is 1. The number of aromatic nitrogens is 2. The number of primary amides is 1. The van der Waals surface area contributed by atoms with Crippen molar-refractivity contribution in [2.24, 2.45) is 12.8 Å². The molecule has 0 radical (unpaired) electrons. The third-order valence-corrected chi connectivity index (χ3v) is 6.80. The Morgan fingerprint density at radius 2 is 1.73 bits per heavy atom. The van der Waals surface area contributed by atoms with Gasteiger partial charge in [0.1, 0.15) is 42.4 Å². The minimum absolute atomic E-state index is 0.00407. The van der Waals surface area contributed by atoms with Gasteiger partial charge in [-0.05, 0) is 61.9 Å². The minimum atomic E-state index is -0.738. The van der Waals surface area contributed by atoms with Crippen LogP contribution >= 0.6 is 0 Å². The van der Waals surface area contributed by atoms with Crippen molar-refractivity contribution in [3.05, 3.63) is 95.3 Å². The van der Waals surface area contributed by atoms with Crippen LogP contribution in [0.25, 0.3) is 11.4 Å². The van der Waals surface area contributed by atoms with E-state index >= 15 is 0 Å². The maximum atomic E-state index is 11.5. The van der Waals surface area contributed by atoms with E-state index in [1.54, 1.807) is 6.07 Å². The van der Waals surface area contributed by atoms with E-state index in [2.05, 4.69) is 14.5 Å². The lowest BCUT2D eigenvalue weighted by atomic mass is 10.2. The second-order valence-corrected chi connectivity index (χ2v) is 9.77. The highest BCUT2D eigenvalue weighted by atomic mass is 16.5. The van der Waals surface area contributed by atoms with Crippen LogP contribution in [-0.4, -0.2) is 63.0 Å². The molecule has 1 unspecified atom stereocenters. The number of ether oxygens (including phenoxy) is 2. The molecule has 9 heteroatoms. The van der Waals surface area contributed by atoms with Crippen LogP contribution in [0.3, 0.4) is 0 Å². The minimum Gasteiger partial charge on any atom is -0.507 e. The largest absolute Gasteiger partial charge is 0.507 e. The number of hydrogen-bond acceptors (Lipinski definition) is 7. The van der Waals surface area contributed by atoms with Crippen molar-refractivity contribution in [1.82, 2.24) is 14.5 Å². The van der Waals surface area contributed by atoms with Gasteiger partial charge in [0, 0.05) is 37.9 Å². The zero-order valence-electron chi connectivity index (χ0n) is 23.1. The summed E-state index contributed by atoms with van der Waals surface area (Å²) in [6, 6.07) is 22.0. The van der Waals surface area contributed by atoms with Gasteiger partial charge in [-0.1, -0.05) is 30.3 Å². The molecule has 0 saturated carbocycles. The average Bonchev–Trinajstić information content (AvgIpc) is 3.20.